The number of carbonyl (C=O) groups excluding carboxylic acids is 2. The number of primary amides is 1. The van der Waals surface area contributed by atoms with E-state index in [2.05, 4.69) is 15.3 Å². The number of aliphatic imine (C=N–C) groups is 1. The van der Waals surface area contributed by atoms with Crippen LogP contribution in [0.15, 0.2) is 17.1 Å². The summed E-state index contributed by atoms with van der Waals surface area (Å²) in [5.74, 6) is -0.809. The van der Waals surface area contributed by atoms with Gasteiger partial charge in [-0.05, 0) is 12.1 Å². The van der Waals surface area contributed by atoms with Crippen molar-refractivity contribution < 1.29 is 9.59 Å². The minimum atomic E-state index is -0.639. The van der Waals surface area contributed by atoms with E-state index in [4.69, 9.17) is 11.5 Å². The maximum Gasteiger partial charge on any atom is 0.267 e. The van der Waals surface area contributed by atoms with Crippen molar-refractivity contribution >= 4 is 46.0 Å². The molecular weight excluding hydrogens is 270 g/mol. The van der Waals surface area contributed by atoms with Gasteiger partial charge in [-0.3, -0.25) is 14.6 Å². The largest absolute Gasteiger partial charge is 0.397 e. The van der Waals surface area contributed by atoms with E-state index in [-0.39, 0.29) is 11.6 Å². The third kappa shape index (κ3) is 1.99. The summed E-state index contributed by atoms with van der Waals surface area (Å²) in [5.41, 5.74) is 14.0. The molecule has 2 amide bonds. The smallest absolute Gasteiger partial charge is 0.267 e. The highest BCUT2D eigenvalue weighted by Crippen LogP contribution is 2.41. The molecule has 0 saturated heterocycles. The summed E-state index contributed by atoms with van der Waals surface area (Å²) in [6, 6.07) is 3.16. The summed E-state index contributed by atoms with van der Waals surface area (Å²) in [6.45, 7) is 1.74. The molecule has 0 unspecified atom stereocenters. The molecule has 7 heteroatoms. The minimum absolute atomic E-state index is 0.119. The molecule has 3 rings (SSSR count). The van der Waals surface area contributed by atoms with E-state index in [1.807, 2.05) is 0 Å². The highest BCUT2D eigenvalue weighted by Gasteiger charge is 2.21. The maximum absolute atomic E-state index is 11.6. The molecule has 1 aliphatic rings. The van der Waals surface area contributed by atoms with Crippen molar-refractivity contribution in [1.82, 2.24) is 4.98 Å². The molecule has 0 atom stereocenters. The van der Waals surface area contributed by atoms with Crippen LogP contribution in [0.1, 0.15) is 29.4 Å². The van der Waals surface area contributed by atoms with E-state index in [0.29, 0.717) is 39.9 Å². The molecule has 2 aromatic rings. The van der Waals surface area contributed by atoms with Crippen molar-refractivity contribution in [3.8, 4) is 0 Å². The summed E-state index contributed by atoms with van der Waals surface area (Å²) in [5, 5.41) is 3.45. The molecule has 1 aromatic carbocycles. The molecule has 0 bridgehead atoms. The second-order valence-corrected chi connectivity index (χ2v) is 4.71. The number of aromatic nitrogens is 1. The molecule has 0 aliphatic carbocycles. The fourth-order valence-electron chi connectivity index (χ4n) is 2.28. The summed E-state index contributed by atoms with van der Waals surface area (Å²) in [4.78, 5) is 31.5. The second-order valence-electron chi connectivity index (χ2n) is 4.71. The van der Waals surface area contributed by atoms with Crippen LogP contribution >= 0.6 is 0 Å². The molecular formula is C14H13N5O2. The predicted molar refractivity (Wildman–Crippen MR) is 80.8 cm³/mol. The molecule has 0 saturated carbocycles. The van der Waals surface area contributed by atoms with Crippen molar-refractivity contribution in [2.75, 3.05) is 11.1 Å². The summed E-state index contributed by atoms with van der Waals surface area (Å²) < 4.78 is 0. The summed E-state index contributed by atoms with van der Waals surface area (Å²) >= 11 is 0. The number of nitrogens with one attached hydrogen (secondary N) is 1. The van der Waals surface area contributed by atoms with Crippen LogP contribution in [0.25, 0.3) is 10.9 Å². The molecule has 1 aromatic heterocycles. The Hall–Kier alpha value is -2.96. The Kier molecular flexibility index (Phi) is 2.83. The van der Waals surface area contributed by atoms with E-state index in [0.717, 1.165) is 0 Å². The molecule has 0 radical (unpaired) electrons. The van der Waals surface area contributed by atoms with Gasteiger partial charge in [0.2, 0.25) is 5.91 Å². The van der Waals surface area contributed by atoms with E-state index < -0.39 is 5.91 Å². The SMILES string of the molecule is CCC(=O)Nc1cc(N)c2c3c(cc(C(N)=O)nc13)C=N2. The Morgan fingerprint density at radius 1 is 1.33 bits per heavy atom. The van der Waals surface area contributed by atoms with Gasteiger partial charge in [0, 0.05) is 23.6 Å². The van der Waals surface area contributed by atoms with Gasteiger partial charge in [0.25, 0.3) is 5.91 Å². The number of pyridine rings is 1. The van der Waals surface area contributed by atoms with Crippen LogP contribution in [0.2, 0.25) is 0 Å². The van der Waals surface area contributed by atoms with Gasteiger partial charge in [0.1, 0.15) is 5.69 Å². The van der Waals surface area contributed by atoms with Crippen molar-refractivity contribution in [3.63, 3.8) is 0 Å². The van der Waals surface area contributed by atoms with Crippen LogP contribution in [0.5, 0.6) is 0 Å². The Balaban J connectivity index is 2.32. The van der Waals surface area contributed by atoms with E-state index in [1.54, 1.807) is 25.3 Å². The monoisotopic (exact) mass is 283 g/mol. The van der Waals surface area contributed by atoms with Gasteiger partial charge in [-0.1, -0.05) is 6.92 Å². The Bertz CT molecular complexity index is 826. The third-order valence-corrected chi connectivity index (χ3v) is 3.30. The Morgan fingerprint density at radius 2 is 2.10 bits per heavy atom. The number of hydrogen-bond donors (Lipinski definition) is 3. The normalized spacial score (nSPS) is 11.9. The molecule has 106 valence electrons. The first-order valence-electron chi connectivity index (χ1n) is 6.42. The summed E-state index contributed by atoms with van der Waals surface area (Å²) in [6.07, 6.45) is 1.93. The molecule has 0 spiro atoms. The molecule has 1 aliphatic heterocycles. The fourth-order valence-corrected chi connectivity index (χ4v) is 2.28. The average Bonchev–Trinajstić information content (AvgIpc) is 2.88. The van der Waals surface area contributed by atoms with Gasteiger partial charge in [-0.2, -0.15) is 0 Å². The number of nitrogen functional groups attached to an aromatic ring is 1. The number of amides is 2. The van der Waals surface area contributed by atoms with Crippen LogP contribution in [-0.2, 0) is 4.79 Å². The van der Waals surface area contributed by atoms with Crippen LogP contribution in [0, 0.1) is 0 Å². The summed E-state index contributed by atoms with van der Waals surface area (Å²) in [7, 11) is 0. The zero-order chi connectivity index (χ0) is 15.1. The number of nitrogens with two attached hydrogens (primary N) is 2. The van der Waals surface area contributed by atoms with Crippen molar-refractivity contribution in [2.45, 2.75) is 13.3 Å². The fraction of sp³-hybridized carbons (Fsp3) is 0.143. The molecule has 7 nitrogen and oxygen atoms in total. The van der Waals surface area contributed by atoms with E-state index in [9.17, 15) is 9.59 Å². The minimum Gasteiger partial charge on any atom is -0.397 e. The van der Waals surface area contributed by atoms with Crippen molar-refractivity contribution in [1.29, 1.82) is 0 Å². The van der Waals surface area contributed by atoms with Gasteiger partial charge >= 0.3 is 0 Å². The first-order chi connectivity index (χ1) is 10.0. The lowest BCUT2D eigenvalue weighted by Crippen LogP contribution is -2.15. The molecule has 21 heavy (non-hydrogen) atoms. The van der Waals surface area contributed by atoms with E-state index >= 15 is 0 Å². The number of rotatable bonds is 3. The Labute approximate surface area is 120 Å². The van der Waals surface area contributed by atoms with Gasteiger partial charge in [0.05, 0.1) is 22.6 Å². The van der Waals surface area contributed by atoms with Crippen LogP contribution in [0.4, 0.5) is 17.1 Å². The lowest BCUT2D eigenvalue weighted by atomic mass is 10.1. The molecule has 2 heterocycles. The Morgan fingerprint density at radius 3 is 2.76 bits per heavy atom. The zero-order valence-electron chi connectivity index (χ0n) is 11.3. The maximum atomic E-state index is 11.6. The van der Waals surface area contributed by atoms with Crippen LogP contribution in [-0.4, -0.2) is 23.0 Å². The van der Waals surface area contributed by atoms with Crippen LogP contribution < -0.4 is 16.8 Å². The number of hydrogen-bond acceptors (Lipinski definition) is 5. The van der Waals surface area contributed by atoms with Gasteiger partial charge < -0.3 is 16.8 Å². The van der Waals surface area contributed by atoms with Gasteiger partial charge in [-0.25, -0.2) is 4.98 Å². The number of anilines is 2. The number of nitrogens with zero attached hydrogens (tertiary/aromatic N) is 2. The topological polar surface area (TPSA) is 123 Å². The van der Waals surface area contributed by atoms with Crippen LogP contribution in [0.3, 0.4) is 0 Å². The zero-order valence-corrected chi connectivity index (χ0v) is 11.3. The van der Waals surface area contributed by atoms with Gasteiger partial charge in [0.15, 0.2) is 0 Å². The van der Waals surface area contributed by atoms with E-state index in [1.165, 1.54) is 0 Å². The first kappa shape index (κ1) is 13.0. The standard InChI is InChI=1S/C14H13N5O2/c1-2-10(20)18-8-4-7(15)12-11-6(5-17-12)3-9(14(16)21)19-13(8)11/h3-5H,2,15H2,1H3,(H2,16,21)(H,18,20). The molecule has 0 fully saturated rings. The van der Waals surface area contributed by atoms with Gasteiger partial charge in [-0.15, -0.1) is 0 Å². The number of benzene rings is 1. The van der Waals surface area contributed by atoms with Crippen molar-refractivity contribution in [3.05, 3.63) is 23.4 Å². The molecule has 5 N–H and O–H groups in total. The highest BCUT2D eigenvalue weighted by atomic mass is 16.2. The first-order valence-corrected chi connectivity index (χ1v) is 6.42. The van der Waals surface area contributed by atoms with Crippen molar-refractivity contribution in [2.24, 2.45) is 10.7 Å². The predicted octanol–water partition coefficient (Wildman–Crippen LogP) is 1.33. The number of carbonyl (C=O) groups is 2. The lowest BCUT2D eigenvalue weighted by molar-refractivity contribution is -0.115. The average molecular weight is 283 g/mol. The third-order valence-electron chi connectivity index (χ3n) is 3.30. The quantitative estimate of drug-likeness (QED) is 0.627. The lowest BCUT2D eigenvalue weighted by Gasteiger charge is -2.11. The highest BCUT2D eigenvalue weighted by molar-refractivity contribution is 6.18. The second kappa shape index (κ2) is 4.55.